The van der Waals surface area contributed by atoms with Crippen LogP contribution in [-0.2, 0) is 14.3 Å². The third-order valence-electron chi connectivity index (χ3n) is 5.17. The van der Waals surface area contributed by atoms with Crippen LogP contribution in [0.15, 0.2) is 4.99 Å². The van der Waals surface area contributed by atoms with Crippen molar-refractivity contribution >= 4 is 17.8 Å². The molecule has 1 rings (SSSR count). The van der Waals surface area contributed by atoms with Crippen LogP contribution < -0.4 is 16.8 Å². The highest BCUT2D eigenvalue weighted by Crippen LogP contribution is 2.40. The fourth-order valence-corrected chi connectivity index (χ4v) is 4.28. The van der Waals surface area contributed by atoms with Crippen molar-refractivity contribution in [1.82, 2.24) is 5.32 Å². The first-order chi connectivity index (χ1) is 12.3. The Balaban J connectivity index is 3.13. The Bertz CT molecular complexity index is 485. The lowest BCUT2D eigenvalue weighted by atomic mass is 9.80. The van der Waals surface area contributed by atoms with E-state index < -0.39 is 0 Å². The third-order valence-corrected chi connectivity index (χ3v) is 5.17. The first kappa shape index (κ1) is 22.3. The lowest BCUT2D eigenvalue weighted by Gasteiger charge is -2.34. The van der Waals surface area contributed by atoms with Gasteiger partial charge in [-0.25, -0.2) is 4.99 Å². The average molecular weight is 369 g/mol. The molecule has 0 spiro atoms. The molecule has 26 heavy (non-hydrogen) atoms. The molecular formula is C19H36N4O3. The maximum absolute atomic E-state index is 12.3. The van der Waals surface area contributed by atoms with E-state index >= 15 is 0 Å². The number of hydrogen-bond acceptors (Lipinski definition) is 4. The number of nitrogens with zero attached hydrogens (tertiary/aromatic N) is 1. The largest absolute Gasteiger partial charge is 0.466 e. The van der Waals surface area contributed by atoms with Gasteiger partial charge in [-0.2, -0.15) is 0 Å². The number of guanidine groups is 1. The predicted molar refractivity (Wildman–Crippen MR) is 103 cm³/mol. The zero-order chi connectivity index (χ0) is 19.7. The molecule has 0 aromatic carbocycles. The van der Waals surface area contributed by atoms with Crippen molar-refractivity contribution in [2.75, 3.05) is 6.61 Å². The number of amides is 1. The SMILES string of the molecule is CCCC(CCC)C(NC(C)=O)[C@@H]1C[C@@H](C(=O)OCC)C[C@H]1N=C(N)N. The second-order valence-electron chi connectivity index (χ2n) is 7.27. The van der Waals surface area contributed by atoms with E-state index in [1.807, 2.05) is 0 Å². The Morgan fingerprint density at radius 1 is 1.15 bits per heavy atom. The number of nitrogens with two attached hydrogens (primary N) is 2. The summed E-state index contributed by atoms with van der Waals surface area (Å²) in [5, 5.41) is 3.14. The molecule has 0 heterocycles. The van der Waals surface area contributed by atoms with E-state index in [-0.39, 0.29) is 41.8 Å². The molecule has 1 aliphatic rings. The van der Waals surface area contributed by atoms with E-state index in [0.717, 1.165) is 25.7 Å². The Morgan fingerprint density at radius 2 is 1.77 bits per heavy atom. The zero-order valence-electron chi connectivity index (χ0n) is 16.7. The number of esters is 1. The summed E-state index contributed by atoms with van der Waals surface area (Å²) >= 11 is 0. The first-order valence-electron chi connectivity index (χ1n) is 9.86. The topological polar surface area (TPSA) is 120 Å². The minimum atomic E-state index is -0.229. The monoisotopic (exact) mass is 368 g/mol. The molecule has 4 atom stereocenters. The normalized spacial score (nSPS) is 23.5. The summed E-state index contributed by atoms with van der Waals surface area (Å²) in [6.45, 7) is 8.00. The fraction of sp³-hybridized carbons (Fsp3) is 0.842. The first-order valence-corrected chi connectivity index (χ1v) is 9.86. The highest BCUT2D eigenvalue weighted by atomic mass is 16.5. The predicted octanol–water partition coefficient (Wildman–Crippen LogP) is 1.94. The molecule has 0 aromatic heterocycles. The average Bonchev–Trinajstić information content (AvgIpc) is 2.95. The molecule has 0 saturated heterocycles. The van der Waals surface area contributed by atoms with Crippen molar-refractivity contribution in [3.63, 3.8) is 0 Å². The van der Waals surface area contributed by atoms with Crippen LogP contribution >= 0.6 is 0 Å². The summed E-state index contributed by atoms with van der Waals surface area (Å²) in [5.41, 5.74) is 11.3. The van der Waals surface area contributed by atoms with Crippen LogP contribution in [0.5, 0.6) is 0 Å². The van der Waals surface area contributed by atoms with E-state index in [1.54, 1.807) is 6.92 Å². The summed E-state index contributed by atoms with van der Waals surface area (Å²) in [5.74, 6) is -0.0954. The van der Waals surface area contributed by atoms with Crippen LogP contribution in [-0.4, -0.2) is 36.5 Å². The van der Waals surface area contributed by atoms with Crippen LogP contribution in [0, 0.1) is 17.8 Å². The maximum Gasteiger partial charge on any atom is 0.309 e. The van der Waals surface area contributed by atoms with Crippen LogP contribution in [0.1, 0.15) is 66.2 Å². The van der Waals surface area contributed by atoms with Gasteiger partial charge < -0.3 is 21.5 Å². The van der Waals surface area contributed by atoms with E-state index in [1.165, 1.54) is 6.92 Å². The van der Waals surface area contributed by atoms with Gasteiger partial charge in [-0.05, 0) is 38.5 Å². The Labute approximate surface area is 157 Å². The second kappa shape index (κ2) is 11.0. The minimum Gasteiger partial charge on any atom is -0.466 e. The van der Waals surface area contributed by atoms with Crippen LogP contribution in [0.2, 0.25) is 0 Å². The van der Waals surface area contributed by atoms with Crippen molar-refractivity contribution in [3.8, 4) is 0 Å². The quantitative estimate of drug-likeness (QED) is 0.309. The van der Waals surface area contributed by atoms with E-state index in [9.17, 15) is 9.59 Å². The molecule has 1 fully saturated rings. The summed E-state index contributed by atoms with van der Waals surface area (Å²) in [4.78, 5) is 28.5. The zero-order valence-corrected chi connectivity index (χ0v) is 16.7. The Hall–Kier alpha value is -1.79. The van der Waals surface area contributed by atoms with Gasteiger partial charge in [0.15, 0.2) is 5.96 Å². The molecule has 1 aliphatic carbocycles. The number of rotatable bonds is 10. The summed E-state index contributed by atoms with van der Waals surface area (Å²) in [6, 6.07) is -0.220. The lowest BCUT2D eigenvalue weighted by Crippen LogP contribution is -2.47. The van der Waals surface area contributed by atoms with Crippen molar-refractivity contribution in [2.45, 2.75) is 78.3 Å². The Kier molecular flexibility index (Phi) is 9.44. The van der Waals surface area contributed by atoms with Gasteiger partial charge in [0.1, 0.15) is 0 Å². The molecule has 5 N–H and O–H groups in total. The van der Waals surface area contributed by atoms with Crippen molar-refractivity contribution in [3.05, 3.63) is 0 Å². The van der Waals surface area contributed by atoms with E-state index in [2.05, 4.69) is 24.2 Å². The molecule has 0 aliphatic heterocycles. The fourth-order valence-electron chi connectivity index (χ4n) is 4.28. The van der Waals surface area contributed by atoms with Crippen molar-refractivity contribution in [2.24, 2.45) is 34.2 Å². The van der Waals surface area contributed by atoms with Gasteiger partial charge in [-0.3, -0.25) is 9.59 Å². The molecule has 7 nitrogen and oxygen atoms in total. The minimum absolute atomic E-state index is 0.0219. The van der Waals surface area contributed by atoms with Gasteiger partial charge in [0, 0.05) is 18.9 Å². The molecule has 0 radical (unpaired) electrons. The molecule has 7 heteroatoms. The van der Waals surface area contributed by atoms with Gasteiger partial charge >= 0.3 is 5.97 Å². The number of carbonyl (C=O) groups excluding carboxylic acids is 2. The third kappa shape index (κ3) is 6.50. The number of ether oxygens (including phenoxy) is 1. The molecule has 1 unspecified atom stereocenters. The standard InChI is InChI=1S/C19H36N4O3/c1-5-8-13(9-6-2)17(22-12(4)24)15-10-14(18(25)26-7-3)11-16(15)23-19(20)21/h13-17H,5-11H2,1-4H3,(H,22,24)(H4,20,21,23)/t14-,15-,16-,17?/m1/s1. The lowest BCUT2D eigenvalue weighted by molar-refractivity contribution is -0.147. The van der Waals surface area contributed by atoms with Gasteiger partial charge in [0.25, 0.3) is 0 Å². The van der Waals surface area contributed by atoms with Gasteiger partial charge in [-0.1, -0.05) is 26.7 Å². The molecule has 1 amide bonds. The number of carbonyl (C=O) groups is 2. The molecule has 150 valence electrons. The van der Waals surface area contributed by atoms with Crippen LogP contribution in [0.25, 0.3) is 0 Å². The molecule has 0 bridgehead atoms. The van der Waals surface area contributed by atoms with E-state index in [4.69, 9.17) is 16.2 Å². The Morgan fingerprint density at radius 3 is 2.23 bits per heavy atom. The summed E-state index contributed by atoms with van der Waals surface area (Å²) < 4.78 is 5.21. The van der Waals surface area contributed by atoms with Gasteiger partial charge in [0.05, 0.1) is 18.6 Å². The number of nitrogens with one attached hydrogen (secondary N) is 1. The smallest absolute Gasteiger partial charge is 0.309 e. The molecular weight excluding hydrogens is 332 g/mol. The van der Waals surface area contributed by atoms with Crippen LogP contribution in [0.4, 0.5) is 0 Å². The number of aliphatic imine (C=N–C) groups is 1. The highest BCUT2D eigenvalue weighted by Gasteiger charge is 2.44. The van der Waals surface area contributed by atoms with Crippen molar-refractivity contribution in [1.29, 1.82) is 0 Å². The number of hydrogen-bond donors (Lipinski definition) is 3. The maximum atomic E-state index is 12.3. The summed E-state index contributed by atoms with van der Waals surface area (Å²) in [7, 11) is 0. The summed E-state index contributed by atoms with van der Waals surface area (Å²) in [6.07, 6.45) is 5.32. The highest BCUT2D eigenvalue weighted by molar-refractivity contribution is 5.77. The van der Waals surface area contributed by atoms with Crippen LogP contribution in [0.3, 0.4) is 0 Å². The van der Waals surface area contributed by atoms with Crippen molar-refractivity contribution < 1.29 is 14.3 Å². The van der Waals surface area contributed by atoms with Gasteiger partial charge in [-0.15, -0.1) is 0 Å². The molecule has 1 saturated carbocycles. The second-order valence-corrected chi connectivity index (χ2v) is 7.27. The van der Waals surface area contributed by atoms with Gasteiger partial charge in [0.2, 0.25) is 5.91 Å². The molecule has 0 aromatic rings. The van der Waals surface area contributed by atoms with E-state index in [0.29, 0.717) is 25.4 Å².